The lowest BCUT2D eigenvalue weighted by Gasteiger charge is -2.12. The van der Waals surface area contributed by atoms with E-state index in [1.807, 2.05) is 0 Å². The van der Waals surface area contributed by atoms with Crippen molar-refractivity contribution in [2.45, 2.75) is 25.8 Å². The van der Waals surface area contributed by atoms with Gasteiger partial charge in [0.1, 0.15) is 0 Å². The number of hydrogen-bond acceptors (Lipinski definition) is 1. The van der Waals surface area contributed by atoms with Crippen molar-refractivity contribution >= 4 is 12.4 Å². The Morgan fingerprint density at radius 3 is 2.69 bits per heavy atom. The Hall–Kier alpha value is -0.530. The smallest absolute Gasteiger partial charge is 0.0323 e. The predicted octanol–water partition coefficient (Wildman–Crippen LogP) is 2.84. The van der Waals surface area contributed by atoms with Crippen LogP contribution >= 0.6 is 12.4 Å². The number of benzene rings is 1. The largest absolute Gasteiger partial charge is 0.310 e. The van der Waals surface area contributed by atoms with Gasteiger partial charge >= 0.3 is 0 Å². The van der Waals surface area contributed by atoms with Gasteiger partial charge in [-0.3, -0.25) is 0 Å². The third kappa shape index (κ3) is 2.23. The molecule has 0 spiro atoms. The molecular formula is C11H16ClN. The van der Waals surface area contributed by atoms with E-state index in [0.29, 0.717) is 6.04 Å². The molecule has 1 fully saturated rings. The van der Waals surface area contributed by atoms with Crippen LogP contribution in [0.1, 0.15) is 30.0 Å². The van der Waals surface area contributed by atoms with Crippen molar-refractivity contribution in [3.05, 3.63) is 35.4 Å². The molecule has 13 heavy (non-hydrogen) atoms. The SMILES string of the molecule is Cc1ccccc1[C@@H]1CCCN1.Cl. The van der Waals surface area contributed by atoms with Gasteiger partial charge in [0.2, 0.25) is 0 Å². The summed E-state index contributed by atoms with van der Waals surface area (Å²) >= 11 is 0. The van der Waals surface area contributed by atoms with Crippen LogP contribution in [-0.4, -0.2) is 6.54 Å². The Morgan fingerprint density at radius 2 is 2.08 bits per heavy atom. The predicted molar refractivity (Wildman–Crippen MR) is 58.4 cm³/mol. The van der Waals surface area contributed by atoms with Gasteiger partial charge < -0.3 is 5.32 Å². The molecule has 1 aromatic rings. The zero-order chi connectivity index (χ0) is 8.39. The molecule has 0 bridgehead atoms. The summed E-state index contributed by atoms with van der Waals surface area (Å²) in [6, 6.07) is 9.27. The lowest BCUT2D eigenvalue weighted by Crippen LogP contribution is -2.13. The Bertz CT molecular complexity index is 267. The molecule has 1 nitrogen and oxygen atoms in total. The molecular weight excluding hydrogens is 182 g/mol. The first-order valence-electron chi connectivity index (χ1n) is 4.67. The maximum absolute atomic E-state index is 3.51. The van der Waals surface area contributed by atoms with Crippen LogP contribution in [0, 0.1) is 6.92 Å². The molecule has 1 atom stereocenters. The number of hydrogen-bond donors (Lipinski definition) is 1. The summed E-state index contributed by atoms with van der Waals surface area (Å²) in [4.78, 5) is 0. The van der Waals surface area contributed by atoms with Gasteiger partial charge in [0.15, 0.2) is 0 Å². The van der Waals surface area contributed by atoms with Crippen molar-refractivity contribution in [3.63, 3.8) is 0 Å². The number of aryl methyl sites for hydroxylation is 1. The van der Waals surface area contributed by atoms with Crippen LogP contribution < -0.4 is 5.32 Å². The highest BCUT2D eigenvalue weighted by Gasteiger charge is 2.16. The topological polar surface area (TPSA) is 12.0 Å². The van der Waals surface area contributed by atoms with Crippen molar-refractivity contribution in [3.8, 4) is 0 Å². The van der Waals surface area contributed by atoms with E-state index in [1.165, 1.54) is 30.5 Å². The van der Waals surface area contributed by atoms with Crippen LogP contribution in [0.25, 0.3) is 0 Å². The van der Waals surface area contributed by atoms with Crippen LogP contribution in [0.3, 0.4) is 0 Å². The minimum Gasteiger partial charge on any atom is -0.310 e. The Morgan fingerprint density at radius 1 is 1.31 bits per heavy atom. The highest BCUT2D eigenvalue weighted by atomic mass is 35.5. The fourth-order valence-electron chi connectivity index (χ4n) is 1.93. The fraction of sp³-hybridized carbons (Fsp3) is 0.455. The summed E-state index contributed by atoms with van der Waals surface area (Å²) in [5.41, 5.74) is 2.90. The van der Waals surface area contributed by atoms with Gasteiger partial charge in [-0.1, -0.05) is 24.3 Å². The van der Waals surface area contributed by atoms with Crippen molar-refractivity contribution in [1.82, 2.24) is 5.32 Å². The lowest BCUT2D eigenvalue weighted by molar-refractivity contribution is 0.644. The molecule has 1 aliphatic rings. The quantitative estimate of drug-likeness (QED) is 0.730. The van der Waals surface area contributed by atoms with Crippen LogP contribution in [-0.2, 0) is 0 Å². The number of nitrogens with one attached hydrogen (secondary N) is 1. The molecule has 72 valence electrons. The average Bonchev–Trinajstić information content (AvgIpc) is 2.57. The maximum atomic E-state index is 3.51. The third-order valence-corrected chi connectivity index (χ3v) is 2.62. The van der Waals surface area contributed by atoms with Crippen LogP contribution in [0.5, 0.6) is 0 Å². The van der Waals surface area contributed by atoms with Crippen LogP contribution in [0.2, 0.25) is 0 Å². The summed E-state index contributed by atoms with van der Waals surface area (Å²) in [5, 5.41) is 3.51. The maximum Gasteiger partial charge on any atom is 0.0323 e. The summed E-state index contributed by atoms with van der Waals surface area (Å²) < 4.78 is 0. The summed E-state index contributed by atoms with van der Waals surface area (Å²) in [7, 11) is 0. The monoisotopic (exact) mass is 197 g/mol. The van der Waals surface area contributed by atoms with E-state index < -0.39 is 0 Å². The van der Waals surface area contributed by atoms with E-state index in [-0.39, 0.29) is 12.4 Å². The normalized spacial score (nSPS) is 21.2. The van der Waals surface area contributed by atoms with E-state index in [9.17, 15) is 0 Å². The molecule has 2 heteroatoms. The standard InChI is InChI=1S/C11H15N.ClH/c1-9-5-2-3-6-10(9)11-7-4-8-12-11;/h2-3,5-6,11-12H,4,7-8H2,1H3;1H/t11-;/m0./s1. The highest BCUT2D eigenvalue weighted by molar-refractivity contribution is 5.85. The molecule has 1 aromatic carbocycles. The first kappa shape index (κ1) is 10.6. The van der Waals surface area contributed by atoms with Gasteiger partial charge in [0, 0.05) is 6.04 Å². The van der Waals surface area contributed by atoms with E-state index in [2.05, 4.69) is 36.5 Å². The van der Waals surface area contributed by atoms with Crippen molar-refractivity contribution in [2.75, 3.05) is 6.54 Å². The first-order chi connectivity index (χ1) is 5.88. The average molecular weight is 198 g/mol. The molecule has 0 unspecified atom stereocenters. The van der Waals surface area contributed by atoms with Gasteiger partial charge in [-0.2, -0.15) is 0 Å². The zero-order valence-electron chi connectivity index (χ0n) is 7.92. The lowest BCUT2D eigenvalue weighted by atomic mass is 10.0. The van der Waals surface area contributed by atoms with E-state index in [0.717, 1.165) is 0 Å². The second-order valence-electron chi connectivity index (χ2n) is 3.51. The highest BCUT2D eigenvalue weighted by Crippen LogP contribution is 2.24. The third-order valence-electron chi connectivity index (χ3n) is 2.62. The molecule has 0 aromatic heterocycles. The van der Waals surface area contributed by atoms with E-state index in [1.54, 1.807) is 0 Å². The molecule has 1 saturated heterocycles. The molecule has 0 radical (unpaired) electrons. The first-order valence-corrected chi connectivity index (χ1v) is 4.67. The Balaban J connectivity index is 0.000000845. The van der Waals surface area contributed by atoms with Gasteiger partial charge in [-0.15, -0.1) is 12.4 Å². The number of halogens is 1. The van der Waals surface area contributed by atoms with Gasteiger partial charge in [-0.05, 0) is 37.4 Å². The molecule has 1 heterocycles. The molecule has 0 amide bonds. The zero-order valence-corrected chi connectivity index (χ0v) is 8.73. The van der Waals surface area contributed by atoms with Gasteiger partial charge in [0.25, 0.3) is 0 Å². The summed E-state index contributed by atoms with van der Waals surface area (Å²) in [5.74, 6) is 0. The molecule has 0 aliphatic carbocycles. The van der Waals surface area contributed by atoms with Crippen molar-refractivity contribution < 1.29 is 0 Å². The van der Waals surface area contributed by atoms with Crippen LogP contribution in [0.4, 0.5) is 0 Å². The number of rotatable bonds is 1. The Kier molecular flexibility index (Phi) is 3.76. The van der Waals surface area contributed by atoms with Gasteiger partial charge in [0.05, 0.1) is 0 Å². The second kappa shape index (κ2) is 4.64. The second-order valence-corrected chi connectivity index (χ2v) is 3.51. The minimum atomic E-state index is 0. The molecule has 2 rings (SSSR count). The minimum absolute atomic E-state index is 0. The Labute approximate surface area is 86.0 Å². The van der Waals surface area contributed by atoms with E-state index in [4.69, 9.17) is 0 Å². The molecule has 0 saturated carbocycles. The van der Waals surface area contributed by atoms with Crippen LogP contribution in [0.15, 0.2) is 24.3 Å². The van der Waals surface area contributed by atoms with Gasteiger partial charge in [-0.25, -0.2) is 0 Å². The van der Waals surface area contributed by atoms with Crippen molar-refractivity contribution in [2.24, 2.45) is 0 Å². The molecule has 1 aliphatic heterocycles. The van der Waals surface area contributed by atoms with Crippen molar-refractivity contribution in [1.29, 1.82) is 0 Å². The fourth-order valence-corrected chi connectivity index (χ4v) is 1.93. The summed E-state index contributed by atoms with van der Waals surface area (Å²) in [6.07, 6.45) is 2.61. The summed E-state index contributed by atoms with van der Waals surface area (Å²) in [6.45, 7) is 3.37. The van der Waals surface area contributed by atoms with E-state index >= 15 is 0 Å². The molecule has 1 N–H and O–H groups in total.